The normalized spacial score (nSPS) is 11.7. The van der Waals surface area contributed by atoms with Crippen LogP contribution in [0.5, 0.6) is 0 Å². The van der Waals surface area contributed by atoms with Crippen molar-refractivity contribution in [3.63, 3.8) is 0 Å². The van der Waals surface area contributed by atoms with E-state index >= 15 is 0 Å². The van der Waals surface area contributed by atoms with E-state index in [0.29, 0.717) is 17.8 Å². The Morgan fingerprint density at radius 2 is 1.89 bits per heavy atom. The maximum Gasteiger partial charge on any atom is 0.240 e. The number of aliphatic hydroxyl groups excluding tert-OH is 1. The summed E-state index contributed by atoms with van der Waals surface area (Å²) in [5, 5.41) is 8.63. The second kappa shape index (κ2) is 7.47. The van der Waals surface area contributed by atoms with Gasteiger partial charge in [0.05, 0.1) is 4.90 Å². The zero-order valence-electron chi connectivity index (χ0n) is 11.2. The lowest BCUT2D eigenvalue weighted by Gasteiger charge is -2.10. The maximum absolute atomic E-state index is 12.1. The topological polar surface area (TPSA) is 92.4 Å². The van der Waals surface area contributed by atoms with Gasteiger partial charge in [0, 0.05) is 18.8 Å². The second-order valence-electron chi connectivity index (χ2n) is 4.51. The van der Waals surface area contributed by atoms with Crippen LogP contribution >= 0.6 is 0 Å². The summed E-state index contributed by atoms with van der Waals surface area (Å²) in [5.74, 6) is 0. The van der Waals surface area contributed by atoms with Crippen LogP contribution in [0.15, 0.2) is 23.1 Å². The molecule has 0 spiro atoms. The summed E-state index contributed by atoms with van der Waals surface area (Å²) >= 11 is 0. The minimum absolute atomic E-state index is 0.189. The molecule has 0 unspecified atom stereocenters. The lowest BCUT2D eigenvalue weighted by molar-refractivity contribution is 0.282. The molecule has 0 aliphatic heterocycles. The van der Waals surface area contributed by atoms with Crippen molar-refractivity contribution in [3.8, 4) is 0 Å². The van der Waals surface area contributed by atoms with Crippen molar-refractivity contribution < 1.29 is 13.5 Å². The molecule has 1 aromatic carbocycles. The van der Waals surface area contributed by atoms with Gasteiger partial charge in [-0.15, -0.1) is 0 Å². The van der Waals surface area contributed by atoms with E-state index in [-0.39, 0.29) is 11.5 Å². The number of anilines is 1. The number of unbranched alkanes of at least 4 members (excludes halogenated alkanes) is 3. The predicted molar refractivity (Wildman–Crippen MR) is 76.3 cm³/mol. The average Bonchev–Trinajstić information content (AvgIpc) is 2.36. The van der Waals surface area contributed by atoms with Crippen LogP contribution in [0.1, 0.15) is 31.2 Å². The van der Waals surface area contributed by atoms with Gasteiger partial charge < -0.3 is 10.8 Å². The first-order valence-electron chi connectivity index (χ1n) is 6.44. The summed E-state index contributed by atoms with van der Waals surface area (Å²) in [5.41, 5.74) is 6.77. The van der Waals surface area contributed by atoms with Gasteiger partial charge in [-0.2, -0.15) is 0 Å². The first-order valence-corrected chi connectivity index (χ1v) is 7.93. The van der Waals surface area contributed by atoms with Crippen molar-refractivity contribution in [2.24, 2.45) is 0 Å². The van der Waals surface area contributed by atoms with Crippen molar-refractivity contribution >= 4 is 15.7 Å². The molecule has 0 atom stereocenters. The number of nitrogens with two attached hydrogens (primary N) is 1. The third-order valence-electron chi connectivity index (χ3n) is 2.99. The molecule has 0 radical (unpaired) electrons. The Kier molecular flexibility index (Phi) is 6.27. The molecule has 1 rings (SSSR count). The average molecular weight is 286 g/mol. The molecular weight excluding hydrogens is 264 g/mol. The molecule has 4 N–H and O–H groups in total. The van der Waals surface area contributed by atoms with E-state index in [1.54, 1.807) is 25.1 Å². The number of aliphatic hydroxyl groups is 1. The number of nitrogens with one attached hydrogen (secondary N) is 1. The summed E-state index contributed by atoms with van der Waals surface area (Å²) in [6, 6.07) is 4.88. The molecule has 0 amide bonds. The number of hydrogen-bond donors (Lipinski definition) is 3. The summed E-state index contributed by atoms with van der Waals surface area (Å²) in [4.78, 5) is 0.239. The van der Waals surface area contributed by atoms with E-state index in [1.165, 1.54) is 0 Å². The van der Waals surface area contributed by atoms with Crippen LogP contribution in [-0.2, 0) is 10.0 Å². The SMILES string of the molecule is Cc1c(N)cccc1S(=O)(=O)NCCCCCCO. The fourth-order valence-corrected chi connectivity index (χ4v) is 3.14. The lowest BCUT2D eigenvalue weighted by atomic mass is 10.2. The van der Waals surface area contributed by atoms with Crippen molar-refractivity contribution in [1.82, 2.24) is 4.72 Å². The van der Waals surface area contributed by atoms with Gasteiger partial charge in [-0.1, -0.05) is 18.9 Å². The summed E-state index contributed by atoms with van der Waals surface area (Å²) < 4.78 is 26.7. The molecule has 0 heterocycles. The Labute approximate surface area is 114 Å². The monoisotopic (exact) mass is 286 g/mol. The third kappa shape index (κ3) is 4.81. The predicted octanol–water partition coefficient (Wildman–Crippen LogP) is 1.41. The van der Waals surface area contributed by atoms with Crippen LogP contribution in [0.4, 0.5) is 5.69 Å². The Morgan fingerprint density at radius 3 is 2.58 bits per heavy atom. The van der Waals surface area contributed by atoms with Gasteiger partial charge in [-0.25, -0.2) is 13.1 Å². The highest BCUT2D eigenvalue weighted by Gasteiger charge is 2.16. The highest BCUT2D eigenvalue weighted by atomic mass is 32.2. The van der Waals surface area contributed by atoms with Gasteiger partial charge in [0.25, 0.3) is 0 Å². The second-order valence-corrected chi connectivity index (χ2v) is 6.24. The number of hydrogen-bond acceptors (Lipinski definition) is 4. The molecule has 5 nitrogen and oxygen atoms in total. The molecule has 108 valence electrons. The Bertz CT molecular complexity index is 501. The molecule has 0 aromatic heterocycles. The molecule has 0 bridgehead atoms. The smallest absolute Gasteiger partial charge is 0.240 e. The fourth-order valence-electron chi connectivity index (χ4n) is 1.80. The van der Waals surface area contributed by atoms with Crippen molar-refractivity contribution in [1.29, 1.82) is 0 Å². The van der Waals surface area contributed by atoms with E-state index in [9.17, 15) is 8.42 Å². The molecule has 1 aromatic rings. The number of rotatable bonds is 8. The molecule has 0 aliphatic rings. The van der Waals surface area contributed by atoms with E-state index in [0.717, 1.165) is 25.7 Å². The highest BCUT2D eigenvalue weighted by molar-refractivity contribution is 7.89. The minimum atomic E-state index is -3.49. The van der Waals surface area contributed by atoms with Crippen molar-refractivity contribution in [2.45, 2.75) is 37.5 Å². The van der Waals surface area contributed by atoms with E-state index in [4.69, 9.17) is 10.8 Å². The van der Waals surface area contributed by atoms with E-state index in [1.807, 2.05) is 0 Å². The first kappa shape index (κ1) is 15.9. The highest BCUT2D eigenvalue weighted by Crippen LogP contribution is 2.20. The quantitative estimate of drug-likeness (QED) is 0.497. The van der Waals surface area contributed by atoms with Crippen molar-refractivity contribution in [2.75, 3.05) is 18.9 Å². The van der Waals surface area contributed by atoms with Gasteiger partial charge in [0.15, 0.2) is 0 Å². The van der Waals surface area contributed by atoms with Gasteiger partial charge in [-0.05, 0) is 37.5 Å². The van der Waals surface area contributed by atoms with Gasteiger partial charge in [0.2, 0.25) is 10.0 Å². The third-order valence-corrected chi connectivity index (χ3v) is 4.60. The Morgan fingerprint density at radius 1 is 1.21 bits per heavy atom. The first-order chi connectivity index (χ1) is 8.99. The van der Waals surface area contributed by atoms with Crippen LogP contribution in [0.2, 0.25) is 0 Å². The Hall–Kier alpha value is -1.11. The lowest BCUT2D eigenvalue weighted by Crippen LogP contribution is -2.25. The summed E-state index contributed by atoms with van der Waals surface area (Å²) in [7, 11) is -3.49. The Balaban J connectivity index is 2.54. The molecule has 19 heavy (non-hydrogen) atoms. The van der Waals surface area contributed by atoms with Crippen LogP contribution in [0.25, 0.3) is 0 Å². The molecule has 0 aliphatic carbocycles. The molecular formula is C13H22N2O3S. The van der Waals surface area contributed by atoms with Crippen LogP contribution in [-0.4, -0.2) is 26.7 Å². The summed E-state index contributed by atoms with van der Waals surface area (Å²) in [6.45, 7) is 2.29. The van der Waals surface area contributed by atoms with Crippen LogP contribution in [0.3, 0.4) is 0 Å². The number of benzene rings is 1. The van der Waals surface area contributed by atoms with Gasteiger partial charge in [0.1, 0.15) is 0 Å². The maximum atomic E-state index is 12.1. The van der Waals surface area contributed by atoms with Gasteiger partial charge >= 0.3 is 0 Å². The molecule has 0 saturated carbocycles. The van der Waals surface area contributed by atoms with E-state index < -0.39 is 10.0 Å². The van der Waals surface area contributed by atoms with Crippen LogP contribution in [0, 0.1) is 6.92 Å². The van der Waals surface area contributed by atoms with E-state index in [2.05, 4.69) is 4.72 Å². The minimum Gasteiger partial charge on any atom is -0.398 e. The van der Waals surface area contributed by atoms with Crippen LogP contribution < -0.4 is 10.5 Å². The van der Waals surface area contributed by atoms with Crippen molar-refractivity contribution in [3.05, 3.63) is 23.8 Å². The zero-order chi connectivity index (χ0) is 14.3. The zero-order valence-corrected chi connectivity index (χ0v) is 12.0. The molecule has 6 heteroatoms. The summed E-state index contributed by atoms with van der Waals surface area (Å²) in [6.07, 6.45) is 3.34. The standard InChI is InChI=1S/C13H22N2O3S/c1-11-12(14)7-6-8-13(11)19(17,18)15-9-4-2-3-5-10-16/h6-8,15-16H,2-5,9-10,14H2,1H3. The number of sulfonamides is 1. The molecule has 0 fully saturated rings. The number of nitrogen functional groups attached to an aromatic ring is 1. The molecule has 0 saturated heterocycles. The van der Waals surface area contributed by atoms with Gasteiger partial charge in [-0.3, -0.25) is 0 Å². The fraction of sp³-hybridized carbons (Fsp3) is 0.538. The largest absolute Gasteiger partial charge is 0.398 e.